The standard InChI is InChI=1S/C15H21N3OS/c1-3-4-12(16)9-15-17-14(18-19-15)10-20-13-7-5-11(2)6-8-13/h5-8,12H,3-4,9-10,16H2,1-2H3. The minimum absolute atomic E-state index is 0.109. The quantitative estimate of drug-likeness (QED) is 0.793. The van der Waals surface area contributed by atoms with Crippen molar-refractivity contribution >= 4 is 11.8 Å². The first kappa shape index (κ1) is 15.1. The van der Waals surface area contributed by atoms with Crippen LogP contribution in [0.2, 0.25) is 0 Å². The fraction of sp³-hybridized carbons (Fsp3) is 0.467. The monoisotopic (exact) mass is 291 g/mol. The van der Waals surface area contributed by atoms with Crippen LogP contribution < -0.4 is 5.73 Å². The Labute approximate surface area is 124 Å². The predicted molar refractivity (Wildman–Crippen MR) is 81.6 cm³/mol. The van der Waals surface area contributed by atoms with Gasteiger partial charge in [-0.05, 0) is 25.5 Å². The largest absolute Gasteiger partial charge is 0.339 e. The summed E-state index contributed by atoms with van der Waals surface area (Å²) in [7, 11) is 0. The van der Waals surface area contributed by atoms with Gasteiger partial charge in [-0.25, -0.2) is 0 Å². The Balaban J connectivity index is 1.85. The molecular formula is C15H21N3OS. The summed E-state index contributed by atoms with van der Waals surface area (Å²) in [4.78, 5) is 5.60. The molecule has 2 rings (SSSR count). The van der Waals surface area contributed by atoms with Crippen LogP contribution >= 0.6 is 11.8 Å². The molecule has 20 heavy (non-hydrogen) atoms. The lowest BCUT2D eigenvalue weighted by Crippen LogP contribution is -2.22. The maximum atomic E-state index is 5.97. The van der Waals surface area contributed by atoms with E-state index in [9.17, 15) is 0 Å². The molecule has 0 aliphatic heterocycles. The number of thioether (sulfide) groups is 1. The number of aromatic nitrogens is 2. The van der Waals surface area contributed by atoms with Gasteiger partial charge in [0.1, 0.15) is 0 Å². The summed E-state index contributed by atoms with van der Waals surface area (Å²) in [5, 5.41) is 4.00. The molecule has 0 aliphatic rings. The zero-order chi connectivity index (χ0) is 14.4. The predicted octanol–water partition coefficient (Wildman–Crippen LogP) is 3.34. The zero-order valence-corrected chi connectivity index (χ0v) is 12.8. The molecule has 0 radical (unpaired) electrons. The normalized spacial score (nSPS) is 12.6. The van der Waals surface area contributed by atoms with E-state index in [2.05, 4.69) is 48.3 Å². The summed E-state index contributed by atoms with van der Waals surface area (Å²) in [6.45, 7) is 4.21. The molecule has 1 aromatic heterocycles. The van der Waals surface area contributed by atoms with Crippen molar-refractivity contribution in [3.8, 4) is 0 Å². The van der Waals surface area contributed by atoms with Crippen molar-refractivity contribution in [1.29, 1.82) is 0 Å². The van der Waals surface area contributed by atoms with Gasteiger partial charge in [-0.3, -0.25) is 0 Å². The van der Waals surface area contributed by atoms with E-state index < -0.39 is 0 Å². The minimum Gasteiger partial charge on any atom is -0.339 e. The van der Waals surface area contributed by atoms with E-state index in [4.69, 9.17) is 10.3 Å². The molecule has 0 saturated carbocycles. The molecule has 0 aliphatic carbocycles. The van der Waals surface area contributed by atoms with Gasteiger partial charge in [0.15, 0.2) is 5.82 Å². The van der Waals surface area contributed by atoms with Gasteiger partial charge in [0.05, 0.1) is 5.75 Å². The van der Waals surface area contributed by atoms with Gasteiger partial charge in [-0.1, -0.05) is 36.2 Å². The highest BCUT2D eigenvalue weighted by atomic mass is 32.2. The van der Waals surface area contributed by atoms with E-state index in [0.717, 1.165) is 24.4 Å². The van der Waals surface area contributed by atoms with E-state index >= 15 is 0 Å². The average Bonchev–Trinajstić information content (AvgIpc) is 2.86. The Morgan fingerprint density at radius 3 is 2.75 bits per heavy atom. The summed E-state index contributed by atoms with van der Waals surface area (Å²) in [5.41, 5.74) is 7.24. The Bertz CT molecular complexity index is 524. The summed E-state index contributed by atoms with van der Waals surface area (Å²) in [6.07, 6.45) is 2.72. The number of hydrogen-bond donors (Lipinski definition) is 1. The number of benzene rings is 1. The van der Waals surface area contributed by atoms with E-state index in [1.165, 1.54) is 10.5 Å². The second-order valence-corrected chi connectivity index (χ2v) is 6.01. The number of rotatable bonds is 7. The van der Waals surface area contributed by atoms with E-state index in [-0.39, 0.29) is 6.04 Å². The molecule has 4 nitrogen and oxygen atoms in total. The van der Waals surface area contributed by atoms with Crippen LogP contribution in [0.15, 0.2) is 33.7 Å². The van der Waals surface area contributed by atoms with Crippen LogP contribution in [-0.2, 0) is 12.2 Å². The molecule has 0 saturated heterocycles. The van der Waals surface area contributed by atoms with Crippen molar-refractivity contribution in [3.05, 3.63) is 41.5 Å². The maximum absolute atomic E-state index is 5.97. The van der Waals surface area contributed by atoms with Gasteiger partial charge in [-0.15, -0.1) is 11.8 Å². The molecule has 0 amide bonds. The summed E-state index contributed by atoms with van der Waals surface area (Å²) in [6, 6.07) is 8.54. The van der Waals surface area contributed by atoms with Gasteiger partial charge in [0, 0.05) is 17.4 Å². The highest BCUT2D eigenvalue weighted by molar-refractivity contribution is 7.98. The second kappa shape index (κ2) is 7.45. The summed E-state index contributed by atoms with van der Waals surface area (Å²) in [5.74, 6) is 2.09. The van der Waals surface area contributed by atoms with Crippen LogP contribution in [0, 0.1) is 6.92 Å². The molecule has 108 valence electrons. The second-order valence-electron chi connectivity index (χ2n) is 4.96. The smallest absolute Gasteiger partial charge is 0.228 e. The number of aryl methyl sites for hydroxylation is 1. The molecule has 2 aromatic rings. The Kier molecular flexibility index (Phi) is 5.61. The van der Waals surface area contributed by atoms with Crippen molar-refractivity contribution in [2.75, 3.05) is 0 Å². The lowest BCUT2D eigenvalue weighted by atomic mass is 10.1. The fourth-order valence-electron chi connectivity index (χ4n) is 1.91. The first-order valence-electron chi connectivity index (χ1n) is 6.94. The first-order chi connectivity index (χ1) is 9.67. The highest BCUT2D eigenvalue weighted by Gasteiger charge is 2.10. The topological polar surface area (TPSA) is 64.9 Å². The van der Waals surface area contributed by atoms with E-state index in [1.54, 1.807) is 11.8 Å². The fourth-order valence-corrected chi connectivity index (χ4v) is 2.65. The van der Waals surface area contributed by atoms with E-state index in [1.807, 2.05) is 0 Å². The summed E-state index contributed by atoms with van der Waals surface area (Å²) < 4.78 is 5.23. The lowest BCUT2D eigenvalue weighted by molar-refractivity contribution is 0.362. The molecule has 0 bridgehead atoms. The summed E-state index contributed by atoms with van der Waals surface area (Å²) >= 11 is 1.71. The third-order valence-electron chi connectivity index (χ3n) is 3.00. The van der Waals surface area contributed by atoms with Crippen LogP contribution in [0.3, 0.4) is 0 Å². The molecule has 2 N–H and O–H groups in total. The SMILES string of the molecule is CCCC(N)Cc1nc(CSc2ccc(C)cc2)no1. The highest BCUT2D eigenvalue weighted by Crippen LogP contribution is 2.21. The van der Waals surface area contributed by atoms with Gasteiger partial charge >= 0.3 is 0 Å². The van der Waals surface area contributed by atoms with Crippen molar-refractivity contribution < 1.29 is 4.52 Å². The van der Waals surface area contributed by atoms with Crippen molar-refractivity contribution in [1.82, 2.24) is 10.1 Å². The Morgan fingerprint density at radius 2 is 2.05 bits per heavy atom. The van der Waals surface area contributed by atoms with Gasteiger partial charge in [0.25, 0.3) is 0 Å². The molecule has 5 heteroatoms. The Morgan fingerprint density at radius 1 is 1.30 bits per heavy atom. The third kappa shape index (κ3) is 4.65. The zero-order valence-electron chi connectivity index (χ0n) is 12.0. The Hall–Kier alpha value is -1.33. The molecule has 0 fully saturated rings. The molecule has 1 unspecified atom stereocenters. The molecule has 1 aromatic carbocycles. The maximum Gasteiger partial charge on any atom is 0.228 e. The number of nitrogens with zero attached hydrogens (tertiary/aromatic N) is 2. The minimum atomic E-state index is 0.109. The van der Waals surface area contributed by atoms with Crippen LogP contribution in [-0.4, -0.2) is 16.2 Å². The van der Waals surface area contributed by atoms with Crippen LogP contribution in [0.5, 0.6) is 0 Å². The van der Waals surface area contributed by atoms with Gasteiger partial charge in [-0.2, -0.15) is 4.98 Å². The van der Waals surface area contributed by atoms with Crippen molar-refractivity contribution in [2.45, 2.75) is 49.8 Å². The average molecular weight is 291 g/mol. The number of nitrogens with two attached hydrogens (primary N) is 1. The third-order valence-corrected chi connectivity index (χ3v) is 4.00. The molecule has 1 heterocycles. The molecular weight excluding hydrogens is 270 g/mol. The van der Waals surface area contributed by atoms with Gasteiger partial charge < -0.3 is 10.3 Å². The number of hydrogen-bond acceptors (Lipinski definition) is 5. The van der Waals surface area contributed by atoms with Gasteiger partial charge in [0.2, 0.25) is 5.89 Å². The first-order valence-corrected chi connectivity index (χ1v) is 7.92. The molecule has 1 atom stereocenters. The van der Waals surface area contributed by atoms with Crippen molar-refractivity contribution in [2.24, 2.45) is 5.73 Å². The van der Waals surface area contributed by atoms with Crippen LogP contribution in [0.4, 0.5) is 0 Å². The van der Waals surface area contributed by atoms with Crippen molar-refractivity contribution in [3.63, 3.8) is 0 Å². The van der Waals surface area contributed by atoms with Crippen LogP contribution in [0.25, 0.3) is 0 Å². The van der Waals surface area contributed by atoms with E-state index in [0.29, 0.717) is 12.3 Å². The lowest BCUT2D eigenvalue weighted by Gasteiger charge is -2.05. The van der Waals surface area contributed by atoms with Crippen LogP contribution in [0.1, 0.15) is 37.0 Å². The molecule has 0 spiro atoms.